The zero-order valence-corrected chi connectivity index (χ0v) is 16.3. The fourth-order valence-corrected chi connectivity index (χ4v) is 3.88. The van der Waals surface area contributed by atoms with Gasteiger partial charge in [0, 0.05) is 56.0 Å². The number of rotatable bonds is 7. The average Bonchev–Trinajstić information content (AvgIpc) is 3.39. The molecule has 1 N–H and O–H groups in total. The van der Waals surface area contributed by atoms with Crippen LogP contribution in [0.2, 0.25) is 0 Å². The molecule has 0 saturated carbocycles. The predicted molar refractivity (Wildman–Crippen MR) is 104 cm³/mol. The van der Waals surface area contributed by atoms with Crippen LogP contribution in [0, 0.1) is 5.92 Å². The Hall–Kier alpha value is -2.25. The van der Waals surface area contributed by atoms with Crippen LogP contribution in [0.3, 0.4) is 0 Å². The molecule has 0 aromatic carbocycles. The quantitative estimate of drug-likeness (QED) is 0.694. The molecular formula is C20H28N6O. The Morgan fingerprint density at radius 3 is 3.00 bits per heavy atom. The van der Waals surface area contributed by atoms with Gasteiger partial charge in [0.15, 0.2) is 5.65 Å². The summed E-state index contributed by atoms with van der Waals surface area (Å²) in [6, 6.07) is 4.57. The summed E-state index contributed by atoms with van der Waals surface area (Å²) in [5.74, 6) is 0.465. The highest BCUT2D eigenvalue weighted by molar-refractivity contribution is 5.75. The normalized spacial score (nSPS) is 20.1. The Morgan fingerprint density at radius 2 is 2.19 bits per heavy atom. The average molecular weight is 368 g/mol. The van der Waals surface area contributed by atoms with E-state index in [-0.39, 0.29) is 6.10 Å². The van der Waals surface area contributed by atoms with Crippen LogP contribution < -0.4 is 5.32 Å². The minimum atomic E-state index is 0.129. The minimum Gasteiger partial charge on any atom is -0.372 e. The summed E-state index contributed by atoms with van der Waals surface area (Å²) in [6.07, 6.45) is 6.92. The minimum absolute atomic E-state index is 0.129. The third-order valence-electron chi connectivity index (χ3n) is 5.27. The van der Waals surface area contributed by atoms with E-state index in [1.165, 1.54) is 11.3 Å². The van der Waals surface area contributed by atoms with Gasteiger partial charge in [-0.2, -0.15) is 10.2 Å². The van der Waals surface area contributed by atoms with Crippen LogP contribution >= 0.6 is 0 Å². The largest absolute Gasteiger partial charge is 0.372 e. The third kappa shape index (κ3) is 3.61. The van der Waals surface area contributed by atoms with Crippen molar-refractivity contribution in [3.05, 3.63) is 42.0 Å². The van der Waals surface area contributed by atoms with Crippen molar-refractivity contribution in [2.24, 2.45) is 5.92 Å². The molecule has 1 saturated heterocycles. The Kier molecular flexibility index (Phi) is 5.22. The Balaban J connectivity index is 1.38. The second kappa shape index (κ2) is 7.78. The predicted octanol–water partition coefficient (Wildman–Crippen LogP) is 3.10. The van der Waals surface area contributed by atoms with Crippen LogP contribution in [0.15, 0.2) is 30.7 Å². The number of hydrogen-bond acceptors (Lipinski definition) is 5. The molecular weight excluding hydrogens is 340 g/mol. The highest BCUT2D eigenvalue weighted by Crippen LogP contribution is 2.34. The maximum Gasteiger partial charge on any atom is 0.157 e. The lowest BCUT2D eigenvalue weighted by Gasteiger charge is -2.20. The van der Waals surface area contributed by atoms with Crippen LogP contribution in [0.25, 0.3) is 11.0 Å². The number of aryl methyl sites for hydroxylation is 1. The number of aromatic nitrogens is 5. The van der Waals surface area contributed by atoms with E-state index in [1.807, 2.05) is 28.0 Å². The first kappa shape index (κ1) is 18.1. The Bertz CT molecular complexity index is 899. The molecule has 1 fully saturated rings. The van der Waals surface area contributed by atoms with Crippen molar-refractivity contribution in [3.63, 3.8) is 0 Å². The number of nitrogens with one attached hydrogen (secondary N) is 1. The molecule has 0 bridgehead atoms. The van der Waals surface area contributed by atoms with Crippen molar-refractivity contribution < 1.29 is 4.74 Å². The van der Waals surface area contributed by atoms with E-state index in [4.69, 9.17) is 4.74 Å². The topological polar surface area (TPSA) is 69.8 Å². The number of ether oxygens (including phenoxy) is 1. The molecule has 0 radical (unpaired) electrons. The number of hydrogen-bond donors (Lipinski definition) is 1. The van der Waals surface area contributed by atoms with Crippen LogP contribution in [0.5, 0.6) is 0 Å². The lowest BCUT2D eigenvalue weighted by atomic mass is 9.99. The van der Waals surface area contributed by atoms with E-state index in [9.17, 15) is 0 Å². The molecule has 7 heteroatoms. The molecule has 3 aromatic rings. The van der Waals surface area contributed by atoms with Gasteiger partial charge in [-0.3, -0.25) is 4.68 Å². The molecule has 1 aliphatic rings. The molecule has 3 aromatic heterocycles. The summed E-state index contributed by atoms with van der Waals surface area (Å²) in [7, 11) is 0. The molecule has 4 heterocycles. The van der Waals surface area contributed by atoms with Crippen molar-refractivity contribution in [1.82, 2.24) is 29.9 Å². The SMILES string of the molecule is CCn1nccc1[C@@H]1OCC[C@H]1CNCc1cnc2c(cnn2C(C)C)c1. The van der Waals surface area contributed by atoms with Gasteiger partial charge in [0.25, 0.3) is 0 Å². The first-order valence-electron chi connectivity index (χ1n) is 9.83. The van der Waals surface area contributed by atoms with Gasteiger partial charge < -0.3 is 10.1 Å². The zero-order valence-electron chi connectivity index (χ0n) is 16.3. The van der Waals surface area contributed by atoms with E-state index in [1.54, 1.807) is 0 Å². The third-order valence-corrected chi connectivity index (χ3v) is 5.27. The fraction of sp³-hybridized carbons (Fsp3) is 0.550. The van der Waals surface area contributed by atoms with E-state index < -0.39 is 0 Å². The summed E-state index contributed by atoms with van der Waals surface area (Å²) in [6.45, 7) is 9.76. The summed E-state index contributed by atoms with van der Waals surface area (Å²) < 4.78 is 10.0. The van der Waals surface area contributed by atoms with Crippen LogP contribution in [0.4, 0.5) is 0 Å². The van der Waals surface area contributed by atoms with Crippen LogP contribution in [-0.4, -0.2) is 37.7 Å². The first-order valence-corrected chi connectivity index (χ1v) is 9.83. The van der Waals surface area contributed by atoms with Gasteiger partial charge in [0.05, 0.1) is 11.9 Å². The molecule has 2 atom stereocenters. The van der Waals surface area contributed by atoms with Gasteiger partial charge in [-0.25, -0.2) is 9.67 Å². The van der Waals surface area contributed by atoms with Crippen molar-refractivity contribution in [2.75, 3.05) is 13.2 Å². The Morgan fingerprint density at radius 1 is 1.30 bits per heavy atom. The summed E-state index contributed by atoms with van der Waals surface area (Å²) in [4.78, 5) is 4.62. The first-order chi connectivity index (χ1) is 13.2. The lowest BCUT2D eigenvalue weighted by molar-refractivity contribution is 0.0830. The second-order valence-electron chi connectivity index (χ2n) is 7.48. The van der Waals surface area contributed by atoms with Crippen molar-refractivity contribution in [1.29, 1.82) is 0 Å². The maximum atomic E-state index is 6.01. The molecule has 0 aliphatic carbocycles. The Labute approximate surface area is 159 Å². The lowest BCUT2D eigenvalue weighted by Crippen LogP contribution is -2.25. The van der Waals surface area contributed by atoms with Crippen LogP contribution in [-0.2, 0) is 17.8 Å². The molecule has 1 aliphatic heterocycles. The molecule has 0 amide bonds. The highest BCUT2D eigenvalue weighted by atomic mass is 16.5. The molecule has 7 nitrogen and oxygen atoms in total. The molecule has 27 heavy (non-hydrogen) atoms. The smallest absolute Gasteiger partial charge is 0.157 e. The van der Waals surface area contributed by atoms with E-state index in [0.29, 0.717) is 12.0 Å². The summed E-state index contributed by atoms with van der Waals surface area (Å²) >= 11 is 0. The van der Waals surface area contributed by atoms with Gasteiger partial charge in [0.2, 0.25) is 0 Å². The van der Waals surface area contributed by atoms with E-state index in [0.717, 1.165) is 43.7 Å². The van der Waals surface area contributed by atoms with Gasteiger partial charge in [-0.05, 0) is 44.9 Å². The standard InChI is InChI=1S/C20H28N6O/c1-4-25-18(5-7-23-25)19-16(6-8-27-19)12-21-10-15-9-17-13-24-26(14(2)3)20(17)22-11-15/h5,7,9,11,13-14,16,19,21H,4,6,8,10,12H2,1-3H3/t16-,19+/m0/s1. The fourth-order valence-electron chi connectivity index (χ4n) is 3.88. The van der Waals surface area contributed by atoms with Gasteiger partial charge >= 0.3 is 0 Å². The molecule has 4 rings (SSSR count). The van der Waals surface area contributed by atoms with Crippen molar-refractivity contribution in [2.45, 2.75) is 52.4 Å². The van der Waals surface area contributed by atoms with E-state index in [2.05, 4.69) is 53.4 Å². The molecule has 144 valence electrons. The van der Waals surface area contributed by atoms with Crippen LogP contribution in [0.1, 0.15) is 50.6 Å². The van der Waals surface area contributed by atoms with Gasteiger partial charge in [-0.1, -0.05) is 0 Å². The number of fused-ring (bicyclic) bond motifs is 1. The monoisotopic (exact) mass is 368 g/mol. The van der Waals surface area contributed by atoms with E-state index >= 15 is 0 Å². The zero-order chi connectivity index (χ0) is 18.8. The summed E-state index contributed by atoms with van der Waals surface area (Å²) in [5.41, 5.74) is 3.32. The maximum absolute atomic E-state index is 6.01. The number of nitrogens with zero attached hydrogens (tertiary/aromatic N) is 5. The number of pyridine rings is 1. The highest BCUT2D eigenvalue weighted by Gasteiger charge is 2.31. The van der Waals surface area contributed by atoms with Crippen molar-refractivity contribution >= 4 is 11.0 Å². The second-order valence-corrected chi connectivity index (χ2v) is 7.48. The van der Waals surface area contributed by atoms with Gasteiger partial charge in [-0.15, -0.1) is 0 Å². The van der Waals surface area contributed by atoms with Crippen molar-refractivity contribution in [3.8, 4) is 0 Å². The summed E-state index contributed by atoms with van der Waals surface area (Å²) in [5, 5.41) is 13.5. The van der Waals surface area contributed by atoms with Gasteiger partial charge in [0.1, 0.15) is 6.10 Å². The molecule has 0 spiro atoms. The molecule has 0 unspecified atom stereocenters.